The molecule has 9 heteroatoms. The maximum atomic E-state index is 13.2. The van der Waals surface area contributed by atoms with Gasteiger partial charge in [-0.05, 0) is 45.5 Å². The second-order valence-corrected chi connectivity index (χ2v) is 9.23. The summed E-state index contributed by atoms with van der Waals surface area (Å²) in [6, 6.07) is 15.0. The molecule has 2 aromatic rings. The van der Waals surface area contributed by atoms with Crippen LogP contribution in [0.1, 0.15) is 37.3 Å². The van der Waals surface area contributed by atoms with E-state index in [9.17, 15) is 14.7 Å². The summed E-state index contributed by atoms with van der Waals surface area (Å²) in [6.45, 7) is 4.87. The summed E-state index contributed by atoms with van der Waals surface area (Å²) in [5.41, 5.74) is 1.29. The molecule has 0 fully saturated rings. The first kappa shape index (κ1) is 27.4. The number of hydrogen-bond donors (Lipinski definition) is 2. The third-order valence-electron chi connectivity index (χ3n) is 7.16. The van der Waals surface area contributed by atoms with Gasteiger partial charge in [-0.2, -0.15) is 0 Å². The molecule has 0 amide bonds. The van der Waals surface area contributed by atoms with Crippen LogP contribution in [0.15, 0.2) is 59.8 Å². The van der Waals surface area contributed by atoms with Crippen LogP contribution in [0.2, 0.25) is 0 Å². The molecule has 3 atom stereocenters. The van der Waals surface area contributed by atoms with E-state index in [-0.39, 0.29) is 19.2 Å². The molecule has 0 aromatic heterocycles. The fraction of sp³-hybridized carbons (Fsp3) is 0.407. The fourth-order valence-electron chi connectivity index (χ4n) is 5.38. The molecule has 2 aliphatic rings. The van der Waals surface area contributed by atoms with Crippen molar-refractivity contribution in [2.45, 2.75) is 38.8 Å². The topological polar surface area (TPSA) is 97.3 Å². The predicted molar refractivity (Wildman–Crippen MR) is 137 cm³/mol. The summed E-state index contributed by atoms with van der Waals surface area (Å²) in [7, 11) is 3.28. The van der Waals surface area contributed by atoms with E-state index in [4.69, 9.17) is 14.2 Å². The van der Waals surface area contributed by atoms with Crippen molar-refractivity contribution in [2.75, 3.05) is 27.5 Å². The van der Waals surface area contributed by atoms with Gasteiger partial charge in [-0.3, -0.25) is 4.79 Å². The first-order valence-corrected chi connectivity index (χ1v) is 11.7. The van der Waals surface area contributed by atoms with Crippen LogP contribution in [0, 0.1) is 5.41 Å². The molecule has 0 spiro atoms. The zero-order valence-electron chi connectivity index (χ0n) is 20.9. The maximum Gasteiger partial charge on any atom is 0.336 e. The monoisotopic (exact) mass is 516 g/mol. The number of esters is 1. The number of methoxy groups -OCH3 is 1. The quantitative estimate of drug-likeness (QED) is 0.509. The third kappa shape index (κ3) is 4.88. The van der Waals surface area contributed by atoms with Gasteiger partial charge in [-0.25, -0.2) is 4.79 Å². The lowest BCUT2D eigenvalue weighted by Crippen LogP contribution is -2.57. The first-order valence-electron chi connectivity index (χ1n) is 11.7. The number of nitrogens with zero attached hydrogens (tertiary/aromatic N) is 1. The van der Waals surface area contributed by atoms with Crippen LogP contribution in [0.25, 0.3) is 0 Å². The molecule has 4 rings (SSSR count). The van der Waals surface area contributed by atoms with Gasteiger partial charge in [0.2, 0.25) is 6.79 Å². The highest BCUT2D eigenvalue weighted by Gasteiger charge is 2.57. The van der Waals surface area contributed by atoms with Crippen molar-refractivity contribution in [3.05, 3.63) is 70.9 Å². The van der Waals surface area contributed by atoms with Crippen LogP contribution in [0.4, 0.5) is 0 Å². The molecule has 194 valence electrons. The molecule has 0 saturated carbocycles. The Balaban J connectivity index is 0.00000361. The SMILES string of the molecule is COC(=O)C1=C(C)NC(C)C(CCN(C)Cc2ccccc2)(C(=O)O)C1c1cccc2c1OCO2.Cl. The average molecular weight is 517 g/mol. The van der Waals surface area contributed by atoms with Crippen LogP contribution in [0.3, 0.4) is 0 Å². The minimum absolute atomic E-state index is 0. The second kappa shape index (κ2) is 11.2. The molecule has 2 N–H and O–H groups in total. The number of fused-ring (bicyclic) bond motifs is 1. The zero-order valence-corrected chi connectivity index (χ0v) is 21.8. The van der Waals surface area contributed by atoms with Gasteiger partial charge >= 0.3 is 11.9 Å². The Labute approximate surface area is 217 Å². The number of rotatable bonds is 8. The summed E-state index contributed by atoms with van der Waals surface area (Å²) in [5.74, 6) is -1.33. The molecule has 2 aliphatic heterocycles. The second-order valence-electron chi connectivity index (χ2n) is 9.23. The largest absolute Gasteiger partial charge is 0.481 e. The van der Waals surface area contributed by atoms with Crippen LogP contribution in [-0.4, -0.2) is 55.5 Å². The molecule has 0 radical (unpaired) electrons. The van der Waals surface area contributed by atoms with Crippen molar-refractivity contribution in [1.29, 1.82) is 0 Å². The first-order chi connectivity index (χ1) is 16.8. The van der Waals surface area contributed by atoms with Crippen molar-refractivity contribution in [3.8, 4) is 11.5 Å². The highest BCUT2D eigenvalue weighted by molar-refractivity contribution is 5.94. The zero-order chi connectivity index (χ0) is 25.2. The Morgan fingerprint density at radius 2 is 1.89 bits per heavy atom. The third-order valence-corrected chi connectivity index (χ3v) is 7.16. The van der Waals surface area contributed by atoms with E-state index < -0.39 is 29.3 Å². The van der Waals surface area contributed by atoms with E-state index in [0.29, 0.717) is 47.8 Å². The number of aliphatic carboxylic acids is 1. The Morgan fingerprint density at radius 3 is 2.56 bits per heavy atom. The van der Waals surface area contributed by atoms with Gasteiger partial charge < -0.3 is 29.5 Å². The van der Waals surface area contributed by atoms with Crippen molar-refractivity contribution in [1.82, 2.24) is 10.2 Å². The highest BCUT2D eigenvalue weighted by atomic mass is 35.5. The smallest absolute Gasteiger partial charge is 0.336 e. The standard InChI is InChI=1S/C27H32N2O6.ClH/c1-17-22(25(30)33-4)23(20-11-8-12-21-24(20)35-16-34-21)27(26(31)32,18(2)28-17)13-14-29(3)15-19-9-6-5-7-10-19;/h5-12,18,23,28H,13-16H2,1-4H3,(H,31,32);1H. The van der Waals surface area contributed by atoms with E-state index in [1.54, 1.807) is 19.1 Å². The van der Waals surface area contributed by atoms with E-state index in [1.807, 2.05) is 50.4 Å². The van der Waals surface area contributed by atoms with Crippen LogP contribution in [0.5, 0.6) is 11.5 Å². The summed E-state index contributed by atoms with van der Waals surface area (Å²) < 4.78 is 16.5. The van der Waals surface area contributed by atoms with E-state index in [1.165, 1.54) is 7.11 Å². The molecule has 2 heterocycles. The molecular formula is C27H33ClN2O6. The predicted octanol–water partition coefficient (Wildman–Crippen LogP) is 3.95. The molecular weight excluding hydrogens is 484 g/mol. The van der Waals surface area contributed by atoms with Crippen molar-refractivity contribution >= 4 is 24.3 Å². The van der Waals surface area contributed by atoms with E-state index in [2.05, 4.69) is 10.2 Å². The van der Waals surface area contributed by atoms with Crippen molar-refractivity contribution in [3.63, 3.8) is 0 Å². The number of para-hydroxylation sites is 1. The highest BCUT2D eigenvalue weighted by Crippen LogP contribution is 2.54. The Bertz CT molecular complexity index is 1140. The number of benzene rings is 2. The summed E-state index contributed by atoms with van der Waals surface area (Å²) in [5, 5.41) is 14.1. The number of carboxylic acid groups (broad SMARTS) is 1. The molecule has 2 aromatic carbocycles. The van der Waals surface area contributed by atoms with Gasteiger partial charge in [-0.15, -0.1) is 12.4 Å². The Morgan fingerprint density at radius 1 is 1.17 bits per heavy atom. The average Bonchev–Trinajstić information content (AvgIpc) is 3.32. The van der Waals surface area contributed by atoms with Crippen LogP contribution >= 0.6 is 12.4 Å². The molecule has 0 aliphatic carbocycles. The van der Waals surface area contributed by atoms with Crippen molar-refractivity contribution in [2.24, 2.45) is 5.41 Å². The fourth-order valence-corrected chi connectivity index (χ4v) is 5.38. The van der Waals surface area contributed by atoms with E-state index >= 15 is 0 Å². The molecule has 0 bridgehead atoms. The Hall–Kier alpha value is -3.23. The van der Waals surface area contributed by atoms with Gasteiger partial charge in [0.25, 0.3) is 0 Å². The van der Waals surface area contributed by atoms with Gasteiger partial charge in [0, 0.05) is 29.8 Å². The van der Waals surface area contributed by atoms with Gasteiger partial charge in [-0.1, -0.05) is 42.5 Å². The van der Waals surface area contributed by atoms with Crippen molar-refractivity contribution < 1.29 is 28.9 Å². The lowest BCUT2D eigenvalue weighted by molar-refractivity contribution is -0.154. The number of nitrogens with one attached hydrogen (secondary N) is 1. The van der Waals surface area contributed by atoms with Gasteiger partial charge in [0.1, 0.15) is 5.41 Å². The van der Waals surface area contributed by atoms with Crippen LogP contribution in [-0.2, 0) is 20.9 Å². The number of carboxylic acids is 1. The normalized spacial score (nSPS) is 22.6. The number of halogens is 1. The minimum Gasteiger partial charge on any atom is -0.481 e. The van der Waals surface area contributed by atoms with Crippen LogP contribution < -0.4 is 14.8 Å². The summed E-state index contributed by atoms with van der Waals surface area (Å²) in [6.07, 6.45) is 0.294. The number of carbonyl (C=O) groups excluding carboxylic acids is 1. The molecule has 36 heavy (non-hydrogen) atoms. The lowest BCUT2D eigenvalue weighted by Gasteiger charge is -2.47. The maximum absolute atomic E-state index is 13.2. The minimum atomic E-state index is -1.35. The molecule has 8 nitrogen and oxygen atoms in total. The number of hydrogen-bond acceptors (Lipinski definition) is 7. The number of ether oxygens (including phenoxy) is 3. The van der Waals surface area contributed by atoms with E-state index in [0.717, 1.165) is 5.56 Å². The Kier molecular flexibility index (Phi) is 8.53. The molecule has 3 unspecified atom stereocenters. The van der Waals surface area contributed by atoms with Gasteiger partial charge in [0.05, 0.1) is 12.7 Å². The summed E-state index contributed by atoms with van der Waals surface area (Å²) in [4.78, 5) is 28.4. The van der Waals surface area contributed by atoms with Gasteiger partial charge in [0.15, 0.2) is 11.5 Å². The molecule has 0 saturated heterocycles. The number of allylic oxidation sites excluding steroid dienone is 1. The summed E-state index contributed by atoms with van der Waals surface area (Å²) >= 11 is 0. The lowest BCUT2D eigenvalue weighted by atomic mass is 9.60. The number of carbonyl (C=O) groups is 2.